The number of pyridine rings is 1. The monoisotopic (exact) mass is 630 g/mol. The van der Waals surface area contributed by atoms with Gasteiger partial charge in [0.15, 0.2) is 0 Å². The molecule has 0 radical (unpaired) electrons. The van der Waals surface area contributed by atoms with E-state index < -0.39 is 0 Å². The number of nitrogens with zero attached hydrogens (tertiary/aromatic N) is 3. The highest BCUT2D eigenvalue weighted by atomic mass is 19.1. The molecule has 3 N–H and O–H groups in total. The summed E-state index contributed by atoms with van der Waals surface area (Å²) in [5.74, 6) is 0.681. The number of fused-ring (bicyclic) bond motifs is 2. The summed E-state index contributed by atoms with van der Waals surface area (Å²) in [5.41, 5.74) is 7.66. The third-order valence-electron chi connectivity index (χ3n) is 9.03. The first-order chi connectivity index (χ1) is 22.9. The lowest BCUT2D eigenvalue weighted by atomic mass is 9.87. The molecule has 0 unspecified atom stereocenters. The highest BCUT2D eigenvalue weighted by molar-refractivity contribution is 6.02. The van der Waals surface area contributed by atoms with Gasteiger partial charge in [0.05, 0.1) is 23.1 Å². The number of nitrogens with one attached hydrogen (secondary N) is 3. The molecule has 1 aliphatic rings. The van der Waals surface area contributed by atoms with Gasteiger partial charge < -0.3 is 19.9 Å². The Hall–Kier alpha value is -5.02. The summed E-state index contributed by atoms with van der Waals surface area (Å²) >= 11 is 0. The largest absolute Gasteiger partial charge is 0.492 e. The minimum absolute atomic E-state index is 0.0490. The van der Waals surface area contributed by atoms with Crippen molar-refractivity contribution in [3.63, 3.8) is 0 Å². The summed E-state index contributed by atoms with van der Waals surface area (Å²) in [5, 5.41) is 12.8. The molecule has 3 aromatic heterocycles. The second-order valence-electron chi connectivity index (χ2n) is 12.8. The van der Waals surface area contributed by atoms with E-state index in [4.69, 9.17) is 4.74 Å². The number of anilines is 1. The zero-order chi connectivity index (χ0) is 32.3. The number of carbonyl (C=O) groups is 1. The number of rotatable bonds is 10. The van der Waals surface area contributed by atoms with Gasteiger partial charge in [0.2, 0.25) is 5.91 Å². The number of hydrogen-bond acceptors (Lipinski definition) is 5. The Morgan fingerprint density at radius 3 is 2.66 bits per heavy atom. The van der Waals surface area contributed by atoms with Crippen LogP contribution in [-0.2, 0) is 4.79 Å². The highest BCUT2D eigenvalue weighted by Gasteiger charge is 2.18. The number of amides is 1. The van der Waals surface area contributed by atoms with E-state index in [-0.39, 0.29) is 11.7 Å². The van der Waals surface area contributed by atoms with Gasteiger partial charge in [-0.25, -0.2) is 4.39 Å². The number of hydrogen-bond donors (Lipinski definition) is 3. The van der Waals surface area contributed by atoms with E-state index in [1.54, 1.807) is 6.20 Å². The molecule has 9 heteroatoms. The Morgan fingerprint density at radius 2 is 1.81 bits per heavy atom. The van der Waals surface area contributed by atoms with Gasteiger partial charge in [-0.05, 0) is 92.0 Å². The van der Waals surface area contributed by atoms with Crippen molar-refractivity contribution in [2.75, 3.05) is 32.6 Å². The van der Waals surface area contributed by atoms with Crippen LogP contribution in [0.4, 0.5) is 10.1 Å². The van der Waals surface area contributed by atoms with E-state index in [9.17, 15) is 9.18 Å². The minimum atomic E-state index is -0.344. The van der Waals surface area contributed by atoms with Crippen LogP contribution in [-0.4, -0.2) is 58.2 Å². The summed E-state index contributed by atoms with van der Waals surface area (Å²) < 4.78 is 20.6. The van der Waals surface area contributed by atoms with Crippen molar-refractivity contribution < 1.29 is 13.9 Å². The number of benzene rings is 3. The van der Waals surface area contributed by atoms with Crippen molar-refractivity contribution in [2.45, 2.75) is 38.5 Å². The first kappa shape index (κ1) is 30.6. The number of H-pyrrole nitrogens is 2. The first-order valence-corrected chi connectivity index (χ1v) is 16.3. The van der Waals surface area contributed by atoms with Crippen molar-refractivity contribution in [2.24, 2.45) is 5.92 Å². The van der Waals surface area contributed by atoms with Crippen molar-refractivity contribution in [3.05, 3.63) is 84.9 Å². The molecule has 0 bridgehead atoms. The molecule has 0 atom stereocenters. The van der Waals surface area contributed by atoms with E-state index in [1.165, 1.54) is 31.4 Å². The van der Waals surface area contributed by atoms with E-state index in [0.29, 0.717) is 30.4 Å². The van der Waals surface area contributed by atoms with Crippen molar-refractivity contribution in [1.82, 2.24) is 25.1 Å². The summed E-state index contributed by atoms with van der Waals surface area (Å²) in [4.78, 5) is 22.8. The smallest absolute Gasteiger partial charge is 0.224 e. The van der Waals surface area contributed by atoms with Crippen LogP contribution in [0.25, 0.3) is 55.4 Å². The molecular weight excluding hydrogens is 591 g/mol. The molecule has 1 saturated carbocycles. The van der Waals surface area contributed by atoms with Crippen molar-refractivity contribution in [3.8, 4) is 39.4 Å². The van der Waals surface area contributed by atoms with E-state index in [1.807, 2.05) is 67.7 Å². The molecule has 1 amide bonds. The Labute approximate surface area is 273 Å². The quantitative estimate of drug-likeness (QED) is 0.141. The standard InChI is InChI=1S/C38H39FN6O2/c1-45(2)13-14-47-30-18-26(16-28(39)20-30)31-9-6-10-34-32(31)21-36(42-34)38-33-19-25(11-12-35(33)43-44-38)27-17-29(23-40-22-27)41-37(46)15-24-7-4-3-5-8-24/h6,9-12,16-24,42H,3-5,7-8,13-15H2,1-2H3,(H,41,46)(H,43,44). The lowest BCUT2D eigenvalue weighted by Crippen LogP contribution is -2.19. The van der Waals surface area contributed by atoms with Crippen molar-refractivity contribution in [1.29, 1.82) is 0 Å². The molecule has 1 fully saturated rings. The second-order valence-corrected chi connectivity index (χ2v) is 12.8. The van der Waals surface area contributed by atoms with Crippen LogP contribution in [0.3, 0.4) is 0 Å². The number of aromatic nitrogens is 4. The van der Waals surface area contributed by atoms with Crippen molar-refractivity contribution >= 4 is 33.4 Å². The number of aromatic amines is 2. The van der Waals surface area contributed by atoms with Gasteiger partial charge in [-0.2, -0.15) is 5.10 Å². The molecular formula is C38H39FN6O2. The van der Waals surface area contributed by atoms with Crippen LogP contribution < -0.4 is 10.1 Å². The topological polar surface area (TPSA) is 98.9 Å². The summed E-state index contributed by atoms with van der Waals surface area (Å²) in [6, 6.07) is 21.0. The van der Waals surface area contributed by atoms with Gasteiger partial charge in [-0.15, -0.1) is 0 Å². The fourth-order valence-electron chi connectivity index (χ4n) is 6.61. The highest BCUT2D eigenvalue weighted by Crippen LogP contribution is 2.37. The molecule has 6 aromatic rings. The zero-order valence-electron chi connectivity index (χ0n) is 26.8. The molecule has 0 saturated heterocycles. The second kappa shape index (κ2) is 13.4. The van der Waals surface area contributed by atoms with E-state index in [2.05, 4.69) is 37.6 Å². The van der Waals surface area contributed by atoms with Crippen LogP contribution in [0.5, 0.6) is 5.75 Å². The Kier molecular flexibility index (Phi) is 8.72. The van der Waals surface area contributed by atoms with Crippen LogP contribution in [0.15, 0.2) is 79.1 Å². The molecule has 3 aromatic carbocycles. The Morgan fingerprint density at radius 1 is 0.936 bits per heavy atom. The SMILES string of the molecule is CN(C)CCOc1cc(F)cc(-c2cccc3[nH]c(-c4n[nH]c5ccc(-c6cncc(NC(=O)CC7CCCCC7)c6)cc45)cc23)c1. The van der Waals surface area contributed by atoms with Gasteiger partial charge in [0.1, 0.15) is 23.9 Å². The maximum Gasteiger partial charge on any atom is 0.224 e. The first-order valence-electron chi connectivity index (χ1n) is 16.3. The molecule has 0 aliphatic heterocycles. The van der Waals surface area contributed by atoms with Crippen LogP contribution in [0.2, 0.25) is 0 Å². The molecule has 47 heavy (non-hydrogen) atoms. The Bertz CT molecular complexity index is 2040. The van der Waals surface area contributed by atoms with Crippen LogP contribution in [0, 0.1) is 11.7 Å². The molecule has 0 spiro atoms. The Balaban J connectivity index is 1.16. The summed E-state index contributed by atoms with van der Waals surface area (Å²) in [7, 11) is 3.95. The number of halogens is 1. The van der Waals surface area contributed by atoms with Gasteiger partial charge in [-0.1, -0.05) is 37.5 Å². The third-order valence-corrected chi connectivity index (χ3v) is 9.03. The number of carbonyl (C=O) groups excluding carboxylic acids is 1. The lowest BCUT2D eigenvalue weighted by Gasteiger charge is -2.20. The van der Waals surface area contributed by atoms with Gasteiger partial charge in [0.25, 0.3) is 0 Å². The summed E-state index contributed by atoms with van der Waals surface area (Å²) in [6.45, 7) is 1.21. The molecule has 1 aliphatic carbocycles. The number of likely N-dealkylation sites (N-methyl/N-ethyl adjacent to an activating group) is 1. The average Bonchev–Trinajstić information content (AvgIpc) is 3.69. The van der Waals surface area contributed by atoms with E-state index >= 15 is 0 Å². The summed E-state index contributed by atoms with van der Waals surface area (Å²) in [6.07, 6.45) is 10.0. The number of ether oxygens (including phenoxy) is 1. The fraction of sp³-hybridized carbons (Fsp3) is 0.289. The predicted octanol–water partition coefficient (Wildman–Crippen LogP) is 8.43. The molecule has 8 nitrogen and oxygen atoms in total. The predicted molar refractivity (Wildman–Crippen MR) is 186 cm³/mol. The van der Waals surface area contributed by atoms with Gasteiger partial charge in [0, 0.05) is 47.1 Å². The fourth-order valence-corrected chi connectivity index (χ4v) is 6.61. The van der Waals surface area contributed by atoms with Gasteiger partial charge in [-0.3, -0.25) is 14.9 Å². The minimum Gasteiger partial charge on any atom is -0.492 e. The lowest BCUT2D eigenvalue weighted by molar-refractivity contribution is -0.117. The van der Waals surface area contributed by atoms with Gasteiger partial charge >= 0.3 is 0 Å². The zero-order valence-corrected chi connectivity index (χ0v) is 26.8. The van der Waals surface area contributed by atoms with Crippen LogP contribution >= 0.6 is 0 Å². The average molecular weight is 631 g/mol. The molecule has 240 valence electrons. The third kappa shape index (κ3) is 6.90. The van der Waals surface area contributed by atoms with Crippen LogP contribution in [0.1, 0.15) is 38.5 Å². The van der Waals surface area contributed by atoms with E-state index in [0.717, 1.165) is 74.8 Å². The maximum absolute atomic E-state index is 14.7. The molecule has 7 rings (SSSR count). The normalized spacial score (nSPS) is 13.9. The molecule has 3 heterocycles. The maximum atomic E-state index is 14.7.